The van der Waals surface area contributed by atoms with Crippen LogP contribution >= 0.6 is 0 Å². The SMILES string of the molecule is CC1=[N+](C)c2c(ccc3ccccc23)C1(C)C(C)c1ccccc1.[Br-]. The Morgan fingerprint density at radius 1 is 0.880 bits per heavy atom. The predicted molar refractivity (Wildman–Crippen MR) is 103 cm³/mol. The van der Waals surface area contributed by atoms with Crippen LogP contribution in [0, 0.1) is 0 Å². The highest BCUT2D eigenvalue weighted by atomic mass is 79.9. The van der Waals surface area contributed by atoms with Gasteiger partial charge in [0.15, 0.2) is 5.71 Å². The second-order valence-electron chi connectivity index (χ2n) is 7.16. The Morgan fingerprint density at radius 2 is 1.52 bits per heavy atom. The van der Waals surface area contributed by atoms with E-state index in [1.807, 2.05) is 0 Å². The number of hydrogen-bond donors (Lipinski definition) is 0. The molecule has 1 aliphatic rings. The van der Waals surface area contributed by atoms with E-state index >= 15 is 0 Å². The Labute approximate surface area is 160 Å². The summed E-state index contributed by atoms with van der Waals surface area (Å²) in [5, 5.41) is 2.66. The van der Waals surface area contributed by atoms with Crippen molar-refractivity contribution in [1.29, 1.82) is 0 Å². The summed E-state index contributed by atoms with van der Waals surface area (Å²) in [5.41, 5.74) is 5.64. The van der Waals surface area contributed by atoms with Gasteiger partial charge in [-0.25, -0.2) is 4.58 Å². The zero-order valence-corrected chi connectivity index (χ0v) is 16.8. The van der Waals surface area contributed by atoms with E-state index in [1.54, 1.807) is 0 Å². The molecule has 0 spiro atoms. The highest BCUT2D eigenvalue weighted by Crippen LogP contribution is 2.49. The molecule has 0 saturated heterocycles. The van der Waals surface area contributed by atoms with Crippen molar-refractivity contribution in [2.45, 2.75) is 32.1 Å². The van der Waals surface area contributed by atoms with E-state index < -0.39 is 0 Å². The minimum absolute atomic E-state index is 0. The van der Waals surface area contributed by atoms with E-state index in [0.717, 1.165) is 0 Å². The number of fused-ring (bicyclic) bond motifs is 3. The average Bonchev–Trinajstić information content (AvgIpc) is 2.84. The van der Waals surface area contributed by atoms with Crippen molar-refractivity contribution in [2.24, 2.45) is 0 Å². The van der Waals surface area contributed by atoms with Crippen LogP contribution in [0.4, 0.5) is 5.69 Å². The number of benzene rings is 3. The Balaban J connectivity index is 0.00000182. The van der Waals surface area contributed by atoms with Crippen LogP contribution in [0.25, 0.3) is 10.8 Å². The minimum atomic E-state index is 0. The van der Waals surface area contributed by atoms with E-state index in [4.69, 9.17) is 0 Å². The van der Waals surface area contributed by atoms with Gasteiger partial charge in [-0.3, -0.25) is 0 Å². The summed E-state index contributed by atoms with van der Waals surface area (Å²) < 4.78 is 2.40. The zero-order valence-electron chi connectivity index (χ0n) is 15.3. The molecule has 0 amide bonds. The third-order valence-electron chi connectivity index (χ3n) is 6.22. The van der Waals surface area contributed by atoms with Crippen LogP contribution in [0.1, 0.15) is 37.8 Å². The van der Waals surface area contributed by atoms with E-state index in [9.17, 15) is 0 Å². The topological polar surface area (TPSA) is 3.01 Å². The van der Waals surface area contributed by atoms with Crippen molar-refractivity contribution in [1.82, 2.24) is 0 Å². The molecule has 0 saturated carbocycles. The fourth-order valence-corrected chi connectivity index (χ4v) is 4.37. The first-order valence-corrected chi connectivity index (χ1v) is 8.70. The Bertz CT molecular complexity index is 958. The highest BCUT2D eigenvalue weighted by molar-refractivity contribution is 6.02. The van der Waals surface area contributed by atoms with Gasteiger partial charge in [0.05, 0.1) is 10.8 Å². The Kier molecular flexibility index (Phi) is 4.59. The molecule has 3 aromatic carbocycles. The van der Waals surface area contributed by atoms with Gasteiger partial charge in [-0.05, 0) is 23.9 Å². The molecule has 2 unspecified atom stereocenters. The largest absolute Gasteiger partial charge is 1.00 e. The van der Waals surface area contributed by atoms with Crippen molar-refractivity contribution >= 4 is 22.2 Å². The Hall–Kier alpha value is -1.93. The first-order valence-electron chi connectivity index (χ1n) is 8.70. The van der Waals surface area contributed by atoms with Crippen molar-refractivity contribution < 1.29 is 21.6 Å². The van der Waals surface area contributed by atoms with Gasteiger partial charge in [-0.15, -0.1) is 0 Å². The summed E-state index contributed by atoms with van der Waals surface area (Å²) in [5.74, 6) is 0.420. The molecule has 25 heavy (non-hydrogen) atoms. The summed E-state index contributed by atoms with van der Waals surface area (Å²) in [6, 6.07) is 24.2. The normalized spacial score (nSPS) is 20.3. The molecule has 0 radical (unpaired) electrons. The van der Waals surface area contributed by atoms with Gasteiger partial charge in [0.25, 0.3) is 0 Å². The van der Waals surface area contributed by atoms with Gasteiger partial charge in [0.1, 0.15) is 7.05 Å². The fourth-order valence-electron chi connectivity index (χ4n) is 4.37. The van der Waals surface area contributed by atoms with E-state index in [-0.39, 0.29) is 22.4 Å². The van der Waals surface area contributed by atoms with Crippen LogP contribution in [0.5, 0.6) is 0 Å². The predicted octanol–water partition coefficient (Wildman–Crippen LogP) is 2.65. The summed E-state index contributed by atoms with van der Waals surface area (Å²) in [4.78, 5) is 0. The molecule has 2 heteroatoms. The lowest BCUT2D eigenvalue weighted by molar-refractivity contribution is -0.401. The third-order valence-corrected chi connectivity index (χ3v) is 6.22. The standard InChI is InChI=1S/C23H24N.BrH/c1-16(18-10-6-5-7-11-18)23(3)17(2)24(4)22-20-13-9-8-12-19(20)14-15-21(22)23;/h5-16H,1-4H3;1H/q+1;/p-1. The molecular weight excluding hydrogens is 370 g/mol. The molecule has 128 valence electrons. The first-order chi connectivity index (χ1) is 11.5. The molecule has 1 aliphatic heterocycles. The molecule has 2 atom stereocenters. The first kappa shape index (κ1) is 17.9. The van der Waals surface area contributed by atoms with E-state index in [2.05, 4.69) is 99.1 Å². The average molecular weight is 394 g/mol. The van der Waals surface area contributed by atoms with Crippen molar-refractivity contribution in [3.8, 4) is 0 Å². The van der Waals surface area contributed by atoms with Gasteiger partial charge in [-0.2, -0.15) is 0 Å². The zero-order chi connectivity index (χ0) is 16.9. The van der Waals surface area contributed by atoms with E-state index in [0.29, 0.717) is 5.92 Å². The van der Waals surface area contributed by atoms with Crippen LogP contribution in [0.2, 0.25) is 0 Å². The smallest absolute Gasteiger partial charge is 0.217 e. The number of halogens is 1. The third kappa shape index (κ3) is 2.46. The van der Waals surface area contributed by atoms with Gasteiger partial charge in [0.2, 0.25) is 5.69 Å². The van der Waals surface area contributed by atoms with Crippen molar-refractivity contribution in [3.63, 3.8) is 0 Å². The molecule has 0 aromatic heterocycles. The van der Waals surface area contributed by atoms with Crippen LogP contribution in [-0.4, -0.2) is 17.3 Å². The van der Waals surface area contributed by atoms with Gasteiger partial charge in [-0.1, -0.05) is 67.6 Å². The number of hydrogen-bond acceptors (Lipinski definition) is 0. The lowest BCUT2D eigenvalue weighted by Crippen LogP contribution is -3.00. The lowest BCUT2D eigenvalue weighted by Gasteiger charge is -2.30. The van der Waals surface area contributed by atoms with Crippen LogP contribution in [0.15, 0.2) is 66.7 Å². The molecule has 0 N–H and O–H groups in total. The van der Waals surface area contributed by atoms with Gasteiger partial charge < -0.3 is 17.0 Å². The van der Waals surface area contributed by atoms with E-state index in [1.165, 1.54) is 33.3 Å². The summed E-state index contributed by atoms with van der Waals surface area (Å²) >= 11 is 0. The highest BCUT2D eigenvalue weighted by Gasteiger charge is 2.49. The molecule has 4 rings (SSSR count). The molecular formula is C23H24BrN. The fraction of sp³-hybridized carbons (Fsp3) is 0.261. The molecule has 0 aliphatic carbocycles. The molecule has 3 aromatic rings. The summed E-state index contributed by atoms with van der Waals surface area (Å²) in [7, 11) is 2.21. The quantitative estimate of drug-likeness (QED) is 0.588. The van der Waals surface area contributed by atoms with Crippen LogP contribution in [0.3, 0.4) is 0 Å². The van der Waals surface area contributed by atoms with Crippen molar-refractivity contribution in [2.75, 3.05) is 7.05 Å². The molecule has 1 heterocycles. The number of nitrogens with zero attached hydrogens (tertiary/aromatic N) is 1. The molecule has 0 bridgehead atoms. The maximum absolute atomic E-state index is 2.40. The van der Waals surface area contributed by atoms with Crippen LogP contribution in [-0.2, 0) is 5.41 Å². The maximum Gasteiger partial charge on any atom is 0.217 e. The van der Waals surface area contributed by atoms with Gasteiger partial charge >= 0.3 is 0 Å². The number of rotatable bonds is 2. The van der Waals surface area contributed by atoms with Gasteiger partial charge in [0, 0.05) is 18.4 Å². The molecule has 0 fully saturated rings. The lowest BCUT2D eigenvalue weighted by atomic mass is 9.68. The minimum Gasteiger partial charge on any atom is -1.00 e. The monoisotopic (exact) mass is 393 g/mol. The second-order valence-corrected chi connectivity index (χ2v) is 7.16. The van der Waals surface area contributed by atoms with Crippen molar-refractivity contribution in [3.05, 3.63) is 77.9 Å². The second kappa shape index (κ2) is 6.42. The van der Waals surface area contributed by atoms with Crippen LogP contribution < -0.4 is 17.0 Å². The summed E-state index contributed by atoms with van der Waals surface area (Å²) in [6.45, 7) is 7.04. The summed E-state index contributed by atoms with van der Waals surface area (Å²) in [6.07, 6.45) is 0. The maximum atomic E-state index is 2.40. The molecule has 1 nitrogen and oxygen atoms in total. The Morgan fingerprint density at radius 3 is 2.24 bits per heavy atom.